The second kappa shape index (κ2) is 10.1. The molecular weight excluding hydrogens is 270 g/mol. The van der Waals surface area contributed by atoms with Gasteiger partial charge in [0.25, 0.3) is 0 Å². The number of hydrogen-bond donors (Lipinski definition) is 1. The van der Waals surface area contributed by atoms with E-state index in [1.54, 1.807) is 14.2 Å². The first kappa shape index (κ1) is 17.3. The molecular formula is C15H27NO3Si. The van der Waals surface area contributed by atoms with E-state index in [9.17, 15) is 0 Å². The highest BCUT2D eigenvalue weighted by Crippen LogP contribution is 2.15. The van der Waals surface area contributed by atoms with Crippen molar-refractivity contribution in [3.05, 3.63) is 35.9 Å². The fraction of sp³-hybridized carbons (Fsp3) is 0.600. The minimum Gasteiger partial charge on any atom is -0.377 e. The van der Waals surface area contributed by atoms with Gasteiger partial charge in [0.2, 0.25) is 0 Å². The molecule has 5 heteroatoms. The molecule has 0 saturated carbocycles. The van der Waals surface area contributed by atoms with Crippen LogP contribution in [-0.2, 0) is 19.8 Å². The minimum absolute atomic E-state index is 0.676. The summed E-state index contributed by atoms with van der Waals surface area (Å²) >= 11 is 0. The smallest absolute Gasteiger partial charge is 0.377 e. The number of nitrogens with one attached hydrogen (secondary N) is 1. The molecule has 4 nitrogen and oxygen atoms in total. The molecule has 0 aromatic heterocycles. The van der Waals surface area contributed by atoms with Gasteiger partial charge in [-0.3, -0.25) is 0 Å². The standard InChI is InChI=1S/C15H27NO3Si/c1-4-13-20(17-2,18-3)19-12-8-11-16-14-15-9-6-5-7-10-15/h5-7,9-10,16H,4,8,11-14H2,1-3H3. The molecule has 0 aliphatic carbocycles. The third-order valence-corrected chi connectivity index (χ3v) is 6.17. The van der Waals surface area contributed by atoms with Gasteiger partial charge in [-0.05, 0) is 18.5 Å². The first-order chi connectivity index (χ1) is 9.76. The molecule has 0 aliphatic heterocycles. The molecule has 1 aromatic carbocycles. The van der Waals surface area contributed by atoms with Gasteiger partial charge in [-0.1, -0.05) is 43.7 Å². The van der Waals surface area contributed by atoms with E-state index in [-0.39, 0.29) is 0 Å². The van der Waals surface area contributed by atoms with Gasteiger partial charge in [-0.2, -0.15) is 0 Å². The zero-order valence-electron chi connectivity index (χ0n) is 12.9. The third kappa shape index (κ3) is 6.15. The Bertz CT molecular complexity index is 344. The van der Waals surface area contributed by atoms with Crippen molar-refractivity contribution in [3.63, 3.8) is 0 Å². The van der Waals surface area contributed by atoms with E-state index in [1.165, 1.54) is 5.56 Å². The molecule has 0 heterocycles. The number of rotatable bonds is 11. The molecule has 0 spiro atoms. The van der Waals surface area contributed by atoms with Crippen LogP contribution in [0.3, 0.4) is 0 Å². The molecule has 0 bridgehead atoms. The zero-order valence-corrected chi connectivity index (χ0v) is 13.9. The molecule has 0 aliphatic rings. The van der Waals surface area contributed by atoms with Crippen molar-refractivity contribution in [2.45, 2.75) is 32.4 Å². The summed E-state index contributed by atoms with van der Waals surface area (Å²) in [4.78, 5) is 0. The summed E-state index contributed by atoms with van der Waals surface area (Å²) in [5.74, 6) is 0. The SMILES string of the molecule is CCC[Si](OC)(OC)OCCCNCc1ccccc1. The normalized spacial score (nSPS) is 11.8. The van der Waals surface area contributed by atoms with Crippen LogP contribution in [0.25, 0.3) is 0 Å². The Hall–Kier alpha value is -0.723. The Morgan fingerprint density at radius 2 is 1.80 bits per heavy atom. The van der Waals surface area contributed by atoms with Crippen molar-refractivity contribution >= 4 is 8.80 Å². The van der Waals surface area contributed by atoms with Crippen molar-refractivity contribution in [1.29, 1.82) is 0 Å². The predicted octanol–water partition coefficient (Wildman–Crippen LogP) is 2.82. The Morgan fingerprint density at radius 1 is 1.10 bits per heavy atom. The van der Waals surface area contributed by atoms with E-state index in [1.807, 2.05) is 6.07 Å². The average molecular weight is 297 g/mol. The van der Waals surface area contributed by atoms with E-state index in [4.69, 9.17) is 13.3 Å². The van der Waals surface area contributed by atoms with Gasteiger partial charge in [0.05, 0.1) is 0 Å². The summed E-state index contributed by atoms with van der Waals surface area (Å²) in [6, 6.07) is 11.3. The maximum atomic E-state index is 5.88. The van der Waals surface area contributed by atoms with E-state index in [2.05, 4.69) is 36.5 Å². The van der Waals surface area contributed by atoms with Crippen LogP contribution in [0.15, 0.2) is 30.3 Å². The zero-order chi connectivity index (χ0) is 14.7. The summed E-state index contributed by atoms with van der Waals surface area (Å²) in [7, 11) is 0.964. The average Bonchev–Trinajstić information content (AvgIpc) is 2.50. The van der Waals surface area contributed by atoms with Crippen LogP contribution in [0, 0.1) is 0 Å². The summed E-state index contributed by atoms with van der Waals surface area (Å²) in [6.45, 7) is 4.62. The van der Waals surface area contributed by atoms with E-state index >= 15 is 0 Å². The predicted molar refractivity (Wildman–Crippen MR) is 83.6 cm³/mol. The van der Waals surface area contributed by atoms with Crippen LogP contribution in [0.5, 0.6) is 0 Å². The Kier molecular flexibility index (Phi) is 8.72. The van der Waals surface area contributed by atoms with Crippen LogP contribution in [0.2, 0.25) is 6.04 Å². The molecule has 0 atom stereocenters. The molecule has 114 valence electrons. The monoisotopic (exact) mass is 297 g/mol. The van der Waals surface area contributed by atoms with Crippen LogP contribution in [0.4, 0.5) is 0 Å². The Morgan fingerprint density at radius 3 is 2.40 bits per heavy atom. The van der Waals surface area contributed by atoms with Gasteiger partial charge >= 0.3 is 8.80 Å². The molecule has 0 fully saturated rings. The number of benzene rings is 1. The molecule has 1 aromatic rings. The second-order valence-electron chi connectivity index (χ2n) is 4.71. The molecule has 1 N–H and O–H groups in total. The maximum Gasteiger partial charge on any atom is 0.500 e. The van der Waals surface area contributed by atoms with Crippen molar-refractivity contribution in [2.75, 3.05) is 27.4 Å². The van der Waals surface area contributed by atoms with Gasteiger partial charge < -0.3 is 18.6 Å². The maximum absolute atomic E-state index is 5.88. The van der Waals surface area contributed by atoms with Crippen LogP contribution >= 0.6 is 0 Å². The fourth-order valence-electron chi connectivity index (χ4n) is 2.04. The van der Waals surface area contributed by atoms with Gasteiger partial charge in [0.1, 0.15) is 0 Å². The lowest BCUT2D eigenvalue weighted by Crippen LogP contribution is -2.44. The van der Waals surface area contributed by atoms with Gasteiger partial charge in [-0.25, -0.2) is 0 Å². The van der Waals surface area contributed by atoms with Crippen molar-refractivity contribution < 1.29 is 13.3 Å². The van der Waals surface area contributed by atoms with Crippen LogP contribution < -0.4 is 5.32 Å². The number of hydrogen-bond acceptors (Lipinski definition) is 4. The van der Waals surface area contributed by atoms with E-state index < -0.39 is 8.80 Å². The second-order valence-corrected chi connectivity index (χ2v) is 7.68. The highest BCUT2D eigenvalue weighted by Gasteiger charge is 2.37. The molecule has 0 radical (unpaired) electrons. The summed E-state index contributed by atoms with van der Waals surface area (Å²) in [5.41, 5.74) is 1.30. The minimum atomic E-state index is -2.40. The Labute approximate surface area is 123 Å². The van der Waals surface area contributed by atoms with Crippen LogP contribution in [-0.4, -0.2) is 36.2 Å². The lowest BCUT2D eigenvalue weighted by atomic mass is 10.2. The van der Waals surface area contributed by atoms with Crippen molar-refractivity contribution in [3.8, 4) is 0 Å². The lowest BCUT2D eigenvalue weighted by Gasteiger charge is -2.25. The van der Waals surface area contributed by atoms with E-state index in [0.717, 1.165) is 32.0 Å². The van der Waals surface area contributed by atoms with Gasteiger partial charge in [0.15, 0.2) is 0 Å². The summed E-state index contributed by atoms with van der Waals surface area (Å²) in [5, 5.41) is 3.41. The van der Waals surface area contributed by atoms with Crippen molar-refractivity contribution in [2.24, 2.45) is 0 Å². The molecule has 20 heavy (non-hydrogen) atoms. The molecule has 0 unspecified atom stereocenters. The highest BCUT2D eigenvalue weighted by molar-refractivity contribution is 6.60. The largest absolute Gasteiger partial charge is 0.500 e. The first-order valence-corrected chi connectivity index (χ1v) is 9.18. The van der Waals surface area contributed by atoms with Crippen LogP contribution in [0.1, 0.15) is 25.3 Å². The topological polar surface area (TPSA) is 39.7 Å². The molecule has 0 amide bonds. The highest BCUT2D eigenvalue weighted by atomic mass is 28.4. The molecule has 0 saturated heterocycles. The lowest BCUT2D eigenvalue weighted by molar-refractivity contribution is 0.0968. The summed E-state index contributed by atoms with van der Waals surface area (Å²) < 4.78 is 16.8. The Balaban J connectivity index is 2.14. The molecule has 1 rings (SSSR count). The summed E-state index contributed by atoms with van der Waals surface area (Å²) in [6.07, 6.45) is 1.97. The quantitative estimate of drug-likeness (QED) is 0.503. The first-order valence-electron chi connectivity index (χ1n) is 7.25. The van der Waals surface area contributed by atoms with Crippen molar-refractivity contribution in [1.82, 2.24) is 5.32 Å². The third-order valence-electron chi connectivity index (χ3n) is 3.17. The fourth-order valence-corrected chi connectivity index (χ4v) is 4.06. The van der Waals surface area contributed by atoms with E-state index in [0.29, 0.717) is 6.61 Å². The van der Waals surface area contributed by atoms with Gasteiger partial charge in [0, 0.05) is 33.4 Å². The van der Waals surface area contributed by atoms with Gasteiger partial charge in [-0.15, -0.1) is 0 Å².